The standard InChI is InChI=1S/C32H35ClN6O3/c1-19-15-36-26(20(2)28(19)41-4)18-39-17-24(27-29(33)37-32(34)38-30(27)39)13-12-22-8-7-9-23(14-22)16-35-21(3)31(40)42-25-10-5-6-11-25/h7-9,14-15,17,21,25,35H,5-6,10-11,16,18H2,1-4H3,(H2,34,37,38)/t21-/m0/s1. The van der Waals surface area contributed by atoms with Gasteiger partial charge in [-0.1, -0.05) is 35.6 Å². The molecule has 3 N–H and O–H groups in total. The molecule has 9 nitrogen and oxygen atoms in total. The summed E-state index contributed by atoms with van der Waals surface area (Å²) in [6, 6.07) is 7.48. The third kappa shape index (κ3) is 6.51. The van der Waals surface area contributed by atoms with Crippen LogP contribution in [0.2, 0.25) is 5.15 Å². The van der Waals surface area contributed by atoms with Crippen LogP contribution in [0.15, 0.2) is 36.7 Å². The van der Waals surface area contributed by atoms with Crippen molar-refractivity contribution in [1.29, 1.82) is 0 Å². The van der Waals surface area contributed by atoms with E-state index in [1.807, 2.05) is 55.8 Å². The number of nitrogen functional groups attached to an aromatic ring is 1. The lowest BCUT2D eigenvalue weighted by Crippen LogP contribution is -2.36. The van der Waals surface area contributed by atoms with E-state index >= 15 is 0 Å². The molecule has 0 unspecified atom stereocenters. The number of halogens is 1. The Kier molecular flexibility index (Phi) is 8.95. The third-order valence-corrected chi connectivity index (χ3v) is 7.85. The number of pyridine rings is 1. The molecular weight excluding hydrogens is 552 g/mol. The number of rotatable bonds is 8. The summed E-state index contributed by atoms with van der Waals surface area (Å²) in [5.74, 6) is 7.18. The fraction of sp³-hybridized carbons (Fsp3) is 0.375. The van der Waals surface area contributed by atoms with Crippen molar-refractivity contribution in [3.63, 3.8) is 0 Å². The van der Waals surface area contributed by atoms with Crippen molar-refractivity contribution in [3.8, 4) is 17.6 Å². The first kappa shape index (κ1) is 29.4. The molecule has 0 bridgehead atoms. The number of ether oxygens (including phenoxy) is 2. The van der Waals surface area contributed by atoms with Crippen LogP contribution in [0.5, 0.6) is 5.75 Å². The van der Waals surface area contributed by atoms with Crippen LogP contribution in [0.3, 0.4) is 0 Å². The Bertz CT molecular complexity index is 1680. The molecule has 218 valence electrons. The van der Waals surface area contributed by atoms with Gasteiger partial charge in [-0.2, -0.15) is 4.98 Å². The lowest BCUT2D eigenvalue weighted by Gasteiger charge is -2.17. The number of fused-ring (bicyclic) bond motifs is 1. The molecule has 0 saturated heterocycles. The molecule has 5 rings (SSSR count). The van der Waals surface area contributed by atoms with Gasteiger partial charge in [0.15, 0.2) is 0 Å². The summed E-state index contributed by atoms with van der Waals surface area (Å²) in [7, 11) is 1.66. The van der Waals surface area contributed by atoms with Crippen molar-refractivity contribution in [3.05, 3.63) is 75.3 Å². The average Bonchev–Trinajstić information content (AvgIpc) is 3.60. The second-order valence-electron chi connectivity index (χ2n) is 10.7. The average molecular weight is 587 g/mol. The molecule has 3 heterocycles. The van der Waals surface area contributed by atoms with Crippen LogP contribution in [0, 0.1) is 25.7 Å². The second-order valence-corrected chi connectivity index (χ2v) is 11.0. The highest BCUT2D eigenvalue weighted by molar-refractivity contribution is 6.34. The zero-order chi connectivity index (χ0) is 29.8. The Balaban J connectivity index is 1.37. The summed E-state index contributed by atoms with van der Waals surface area (Å²) < 4.78 is 13.1. The van der Waals surface area contributed by atoms with E-state index in [4.69, 9.17) is 26.8 Å². The lowest BCUT2D eigenvalue weighted by molar-refractivity contribution is -0.150. The normalized spacial score (nSPS) is 14.0. The highest BCUT2D eigenvalue weighted by Crippen LogP contribution is 2.29. The van der Waals surface area contributed by atoms with E-state index in [1.54, 1.807) is 13.3 Å². The van der Waals surface area contributed by atoms with Crippen molar-refractivity contribution < 1.29 is 14.3 Å². The van der Waals surface area contributed by atoms with Gasteiger partial charge < -0.3 is 25.1 Å². The highest BCUT2D eigenvalue weighted by atomic mass is 35.5. The van der Waals surface area contributed by atoms with Gasteiger partial charge in [0.05, 0.1) is 30.3 Å². The summed E-state index contributed by atoms with van der Waals surface area (Å²) in [4.78, 5) is 25.7. The fourth-order valence-corrected chi connectivity index (χ4v) is 5.56. The van der Waals surface area contributed by atoms with Crippen molar-refractivity contribution in [2.45, 2.75) is 71.7 Å². The number of aromatic nitrogens is 4. The first-order valence-corrected chi connectivity index (χ1v) is 14.5. The molecule has 0 radical (unpaired) electrons. The van der Waals surface area contributed by atoms with E-state index in [-0.39, 0.29) is 23.2 Å². The van der Waals surface area contributed by atoms with E-state index in [2.05, 4.69) is 32.1 Å². The van der Waals surface area contributed by atoms with Gasteiger partial charge in [-0.3, -0.25) is 9.78 Å². The molecule has 0 spiro atoms. The van der Waals surface area contributed by atoms with E-state index in [9.17, 15) is 4.79 Å². The number of carbonyl (C=O) groups is 1. The molecular formula is C32H35ClN6O3. The maximum Gasteiger partial charge on any atom is 0.323 e. The Labute approximate surface area is 250 Å². The Morgan fingerprint density at radius 2 is 2.02 bits per heavy atom. The Morgan fingerprint density at radius 1 is 1.24 bits per heavy atom. The van der Waals surface area contributed by atoms with E-state index < -0.39 is 6.04 Å². The first-order valence-electron chi connectivity index (χ1n) is 14.1. The Hall–Kier alpha value is -4.13. The van der Waals surface area contributed by atoms with Gasteiger partial charge in [0, 0.05) is 35.6 Å². The molecule has 1 aliphatic rings. The molecule has 4 aromatic rings. The van der Waals surface area contributed by atoms with Crippen LogP contribution in [0.25, 0.3) is 11.0 Å². The molecule has 1 aliphatic carbocycles. The molecule has 0 amide bonds. The van der Waals surface area contributed by atoms with Crippen molar-refractivity contribution in [2.24, 2.45) is 0 Å². The van der Waals surface area contributed by atoms with Crippen LogP contribution in [0.1, 0.15) is 66.1 Å². The zero-order valence-corrected chi connectivity index (χ0v) is 25.1. The number of hydrogen-bond donors (Lipinski definition) is 2. The highest BCUT2D eigenvalue weighted by Gasteiger charge is 2.22. The van der Waals surface area contributed by atoms with Gasteiger partial charge >= 0.3 is 5.97 Å². The summed E-state index contributed by atoms with van der Waals surface area (Å²) in [5.41, 5.74) is 11.8. The molecule has 1 aromatic carbocycles. The van der Waals surface area contributed by atoms with Crippen LogP contribution >= 0.6 is 11.6 Å². The molecule has 1 atom stereocenters. The number of nitrogens with zero attached hydrogens (tertiary/aromatic N) is 4. The van der Waals surface area contributed by atoms with E-state index in [0.717, 1.165) is 59.4 Å². The van der Waals surface area contributed by atoms with Gasteiger partial charge in [0.2, 0.25) is 5.95 Å². The van der Waals surface area contributed by atoms with E-state index in [1.165, 1.54) is 0 Å². The van der Waals surface area contributed by atoms with E-state index in [0.29, 0.717) is 29.7 Å². The third-order valence-electron chi connectivity index (χ3n) is 7.58. The SMILES string of the molecule is COc1c(C)cnc(Cn2cc(C#Cc3cccc(CN[C@@H](C)C(=O)OC4CCCC4)c3)c3c(Cl)nc(N)nc32)c1C. The van der Waals surface area contributed by atoms with Gasteiger partial charge in [0.1, 0.15) is 28.7 Å². The Morgan fingerprint density at radius 3 is 2.79 bits per heavy atom. The second kappa shape index (κ2) is 12.8. The largest absolute Gasteiger partial charge is 0.496 e. The van der Waals surface area contributed by atoms with Crippen LogP contribution in [-0.2, 0) is 22.6 Å². The number of anilines is 1. The summed E-state index contributed by atoms with van der Waals surface area (Å²) >= 11 is 6.55. The predicted molar refractivity (Wildman–Crippen MR) is 163 cm³/mol. The number of hydrogen-bond acceptors (Lipinski definition) is 8. The van der Waals surface area contributed by atoms with Gasteiger partial charge in [0.25, 0.3) is 0 Å². The quantitative estimate of drug-likeness (QED) is 0.166. The van der Waals surface area contributed by atoms with Crippen molar-refractivity contribution >= 4 is 34.6 Å². The minimum absolute atomic E-state index is 0.0571. The predicted octanol–water partition coefficient (Wildman–Crippen LogP) is 5.10. The maximum atomic E-state index is 12.4. The monoisotopic (exact) mass is 586 g/mol. The topological polar surface area (TPSA) is 117 Å². The smallest absolute Gasteiger partial charge is 0.323 e. The van der Waals surface area contributed by atoms with Crippen molar-refractivity contribution in [2.75, 3.05) is 12.8 Å². The number of nitrogens with one attached hydrogen (secondary N) is 1. The minimum atomic E-state index is -0.396. The summed E-state index contributed by atoms with van der Waals surface area (Å²) in [6.45, 7) is 6.72. The van der Waals surface area contributed by atoms with Gasteiger partial charge in [-0.25, -0.2) is 4.98 Å². The number of methoxy groups -OCH3 is 1. The minimum Gasteiger partial charge on any atom is -0.496 e. The van der Waals surface area contributed by atoms with Crippen LogP contribution in [0.4, 0.5) is 5.95 Å². The number of nitrogens with two attached hydrogens (primary N) is 1. The molecule has 42 heavy (non-hydrogen) atoms. The number of benzene rings is 1. The van der Waals surface area contributed by atoms with Crippen LogP contribution < -0.4 is 15.8 Å². The van der Waals surface area contributed by atoms with Crippen molar-refractivity contribution in [1.82, 2.24) is 24.8 Å². The number of carbonyl (C=O) groups excluding carboxylic acids is 1. The molecule has 1 saturated carbocycles. The lowest BCUT2D eigenvalue weighted by atomic mass is 10.1. The van der Waals surface area contributed by atoms with Gasteiger partial charge in [-0.05, 0) is 64.2 Å². The molecule has 1 fully saturated rings. The number of aryl methyl sites for hydroxylation is 1. The summed E-state index contributed by atoms with van der Waals surface area (Å²) in [6.07, 6.45) is 7.92. The summed E-state index contributed by atoms with van der Waals surface area (Å²) in [5, 5.41) is 4.13. The zero-order valence-electron chi connectivity index (χ0n) is 24.3. The molecule has 10 heteroatoms. The fourth-order valence-electron chi connectivity index (χ4n) is 5.29. The molecule has 0 aliphatic heterocycles. The van der Waals surface area contributed by atoms with Gasteiger partial charge in [-0.15, -0.1) is 0 Å². The number of esters is 1. The molecule has 3 aromatic heterocycles. The first-order chi connectivity index (χ1) is 20.2. The van der Waals surface area contributed by atoms with Crippen LogP contribution in [-0.4, -0.2) is 44.7 Å². The maximum absolute atomic E-state index is 12.4.